The molecule has 0 atom stereocenters. The fourth-order valence-electron chi connectivity index (χ4n) is 6.67. The third-order valence-electron chi connectivity index (χ3n) is 9.99. The second-order valence-corrected chi connectivity index (χ2v) is 15.8. The molecule has 0 saturated heterocycles. The van der Waals surface area contributed by atoms with Crippen LogP contribution in [0.2, 0.25) is 0 Å². The molecule has 0 saturated carbocycles. The number of aryl methyl sites for hydroxylation is 4. The molecule has 5 aromatic rings. The molecular weight excluding hydrogens is 681 g/mol. The number of ketones is 1. The van der Waals surface area contributed by atoms with Gasteiger partial charge in [-0.05, 0) is 145 Å². The summed E-state index contributed by atoms with van der Waals surface area (Å²) < 4.78 is 34.8. The molecule has 0 fully saturated rings. The van der Waals surface area contributed by atoms with Crippen molar-refractivity contribution in [2.24, 2.45) is 0 Å². The van der Waals surface area contributed by atoms with E-state index in [0.717, 1.165) is 41.7 Å². The van der Waals surface area contributed by atoms with Crippen LogP contribution < -0.4 is 9.47 Å². The number of hydrogen-bond donors (Lipinski definition) is 0. The van der Waals surface area contributed by atoms with Crippen molar-refractivity contribution < 1.29 is 27.5 Å². The molecule has 0 unspecified atom stereocenters. The van der Waals surface area contributed by atoms with Crippen LogP contribution in [-0.4, -0.2) is 45.2 Å². The van der Waals surface area contributed by atoms with Crippen molar-refractivity contribution in [1.29, 1.82) is 0 Å². The first-order valence-electron chi connectivity index (χ1n) is 17.4. The Bertz CT molecular complexity index is 2330. The zero-order chi connectivity index (χ0) is 38.6. The number of Topliss-reactive ketones (excluding diaryl/α,β-unsaturated/α-hetero) is 1. The van der Waals surface area contributed by atoms with E-state index in [9.17, 15) is 13.2 Å². The summed E-state index contributed by atoms with van der Waals surface area (Å²) in [6.07, 6.45) is 5.56. The highest BCUT2D eigenvalue weighted by molar-refractivity contribution is 7.90. The van der Waals surface area contributed by atoms with Gasteiger partial charge in [-0.2, -0.15) is 4.79 Å². The summed E-state index contributed by atoms with van der Waals surface area (Å²) in [6, 6.07) is 26.9. The second-order valence-electron chi connectivity index (χ2n) is 13.8. The third-order valence-corrected chi connectivity index (χ3v) is 11.1. The van der Waals surface area contributed by atoms with Gasteiger partial charge < -0.3 is 15.0 Å². The van der Waals surface area contributed by atoms with Crippen LogP contribution in [0.4, 0.5) is 0 Å². The van der Waals surface area contributed by atoms with Crippen molar-refractivity contribution in [3.63, 3.8) is 0 Å². The first-order chi connectivity index (χ1) is 25.1. The van der Waals surface area contributed by atoms with E-state index in [0.29, 0.717) is 5.56 Å². The van der Waals surface area contributed by atoms with E-state index < -0.39 is 15.6 Å². The van der Waals surface area contributed by atoms with Gasteiger partial charge in [0.1, 0.15) is 11.5 Å². The first kappa shape index (κ1) is 38.7. The van der Waals surface area contributed by atoms with Crippen LogP contribution in [0.1, 0.15) is 71.6 Å². The molecule has 0 heterocycles. The van der Waals surface area contributed by atoms with Gasteiger partial charge in [-0.3, -0.25) is 4.79 Å². The monoisotopic (exact) mass is 726 g/mol. The van der Waals surface area contributed by atoms with E-state index >= 15 is 0 Å². The highest BCUT2D eigenvalue weighted by Crippen LogP contribution is 2.38. The Balaban J connectivity index is 0.000000265. The number of carbonyl (C=O) groups is 1. The van der Waals surface area contributed by atoms with Crippen LogP contribution >= 0.6 is 0 Å². The maximum atomic E-state index is 11.8. The van der Waals surface area contributed by atoms with Gasteiger partial charge in [0.2, 0.25) is 0 Å². The third kappa shape index (κ3) is 8.57. The van der Waals surface area contributed by atoms with Gasteiger partial charge in [0, 0.05) is 23.5 Å². The maximum absolute atomic E-state index is 11.8. The normalized spacial score (nSPS) is 12.1. The fraction of sp³-hybridized carbons (Fsp3) is 0.244. The molecule has 6 rings (SSSR count). The summed E-state index contributed by atoms with van der Waals surface area (Å²) in [7, 11) is 0.121. The summed E-state index contributed by atoms with van der Waals surface area (Å²) >= 11 is 0. The SMILES string of the molecule is COc1cc(Cc2ccc(C)c(C)c2)cc(-c2cc(Cc3ccc(C)c(C)c3)cc(OC)c2C)c1C.CS(=O)(=O)c1cccc2c1C=CC(=[N+]=[N-])C2=O. The van der Waals surface area contributed by atoms with E-state index in [1.54, 1.807) is 14.2 Å². The maximum Gasteiger partial charge on any atom is 0.362 e. The van der Waals surface area contributed by atoms with Crippen molar-refractivity contribution in [1.82, 2.24) is 0 Å². The standard InChI is InChI=1S/C34H38O2.C11H8N2O3S/c1-21-9-11-27(13-23(21)3)15-29-17-31(25(5)33(19-29)35-7)32-18-30(20-34(36-8)26(32)6)16-28-12-10-22(2)24(4)14-28;1-17(15,16)10-4-2-3-8-7(10)5-6-9(13-12)11(8)14/h9-14,17-20H,15-16H2,1-8H3;2-6H,1H3. The van der Waals surface area contributed by atoms with Crippen molar-refractivity contribution >= 4 is 27.4 Å². The number of carbonyl (C=O) groups excluding carboxylic acids is 1. The van der Waals surface area contributed by atoms with Crippen LogP contribution in [-0.2, 0) is 22.7 Å². The number of fused-ring (bicyclic) bond motifs is 1. The van der Waals surface area contributed by atoms with Crippen LogP contribution in [0.25, 0.3) is 22.7 Å². The molecule has 53 heavy (non-hydrogen) atoms. The van der Waals surface area contributed by atoms with E-state index in [2.05, 4.69) is 107 Å². The number of methoxy groups -OCH3 is 2. The van der Waals surface area contributed by atoms with Gasteiger partial charge in [-0.25, -0.2) is 8.42 Å². The Morgan fingerprint density at radius 1 is 0.604 bits per heavy atom. The largest absolute Gasteiger partial charge is 0.496 e. The smallest absolute Gasteiger partial charge is 0.362 e. The number of ether oxygens (including phenoxy) is 2. The molecule has 7 nitrogen and oxygen atoms in total. The highest BCUT2D eigenvalue weighted by atomic mass is 32.2. The Hall–Kier alpha value is -5.56. The average molecular weight is 727 g/mol. The zero-order valence-electron chi connectivity index (χ0n) is 31.9. The lowest BCUT2D eigenvalue weighted by Gasteiger charge is -2.19. The molecular formula is C45H46N2O5S. The molecule has 0 radical (unpaired) electrons. The number of sulfone groups is 1. The summed E-state index contributed by atoms with van der Waals surface area (Å²) in [4.78, 5) is 14.7. The van der Waals surface area contributed by atoms with Crippen molar-refractivity contribution in [2.45, 2.75) is 59.3 Å². The fourth-order valence-corrected chi connectivity index (χ4v) is 7.57. The molecule has 0 aromatic heterocycles. The first-order valence-corrected chi connectivity index (χ1v) is 19.3. The molecule has 1 aliphatic rings. The molecule has 0 N–H and O–H groups in total. The van der Waals surface area contributed by atoms with Gasteiger partial charge in [-0.15, -0.1) is 0 Å². The van der Waals surface area contributed by atoms with Crippen LogP contribution in [0.5, 0.6) is 11.5 Å². The predicted octanol–water partition coefficient (Wildman–Crippen LogP) is 9.37. The van der Waals surface area contributed by atoms with Crippen LogP contribution in [0.15, 0.2) is 89.8 Å². The lowest BCUT2D eigenvalue weighted by molar-refractivity contribution is -0.00436. The Labute approximate surface area is 313 Å². The molecule has 1 aliphatic carbocycles. The van der Waals surface area contributed by atoms with E-state index in [4.69, 9.17) is 15.0 Å². The van der Waals surface area contributed by atoms with Crippen LogP contribution in [0.3, 0.4) is 0 Å². The molecule has 5 aromatic carbocycles. The number of rotatable bonds is 8. The quantitative estimate of drug-likeness (QED) is 0.117. The van der Waals surface area contributed by atoms with Gasteiger partial charge in [0.25, 0.3) is 5.78 Å². The molecule has 0 aliphatic heterocycles. The van der Waals surface area contributed by atoms with Gasteiger partial charge in [0.15, 0.2) is 9.84 Å². The Morgan fingerprint density at radius 2 is 1.09 bits per heavy atom. The number of allylic oxidation sites excluding steroid dienone is 1. The van der Waals surface area contributed by atoms with Crippen LogP contribution in [0, 0.1) is 41.5 Å². The van der Waals surface area contributed by atoms with Gasteiger partial charge in [0.05, 0.1) is 19.1 Å². The number of nitrogens with zero attached hydrogens (tertiary/aromatic N) is 2. The highest BCUT2D eigenvalue weighted by Gasteiger charge is 2.28. The average Bonchev–Trinajstić information content (AvgIpc) is 3.12. The minimum absolute atomic E-state index is 0.0941. The zero-order valence-corrected chi connectivity index (χ0v) is 32.7. The summed E-state index contributed by atoms with van der Waals surface area (Å²) in [5.41, 5.74) is 24.2. The predicted molar refractivity (Wildman–Crippen MR) is 213 cm³/mol. The van der Waals surface area contributed by atoms with Gasteiger partial charge >= 0.3 is 5.71 Å². The minimum Gasteiger partial charge on any atom is -0.496 e. The molecule has 0 bridgehead atoms. The van der Waals surface area contributed by atoms with Crippen molar-refractivity contribution in [3.05, 3.63) is 157 Å². The van der Waals surface area contributed by atoms with E-state index in [1.165, 1.54) is 86.0 Å². The number of benzene rings is 5. The van der Waals surface area contributed by atoms with E-state index in [-0.39, 0.29) is 16.2 Å². The lowest BCUT2D eigenvalue weighted by Crippen LogP contribution is -2.19. The molecule has 0 amide bonds. The Kier molecular flexibility index (Phi) is 11.7. The topological polar surface area (TPSA) is 106 Å². The summed E-state index contributed by atoms with van der Waals surface area (Å²) in [5.74, 6) is 1.35. The molecule has 0 spiro atoms. The minimum atomic E-state index is -3.40. The summed E-state index contributed by atoms with van der Waals surface area (Å²) in [6.45, 7) is 13.0. The van der Waals surface area contributed by atoms with Gasteiger partial charge in [-0.1, -0.05) is 60.7 Å². The van der Waals surface area contributed by atoms with E-state index in [1.807, 2.05) is 0 Å². The molecule has 8 heteroatoms. The number of hydrogen-bond acceptors (Lipinski definition) is 5. The lowest BCUT2D eigenvalue weighted by atomic mass is 9.89. The second kappa shape index (κ2) is 16.0. The molecule has 272 valence electrons. The Morgan fingerprint density at radius 3 is 1.51 bits per heavy atom. The summed E-state index contributed by atoms with van der Waals surface area (Å²) in [5, 5.41) is 0. The van der Waals surface area contributed by atoms with Crippen molar-refractivity contribution in [3.8, 4) is 22.6 Å². The van der Waals surface area contributed by atoms with Crippen molar-refractivity contribution in [2.75, 3.05) is 20.5 Å².